The van der Waals surface area contributed by atoms with Crippen molar-refractivity contribution in [1.82, 2.24) is 16.0 Å². The first kappa shape index (κ1) is 26.8. The van der Waals surface area contributed by atoms with E-state index in [-0.39, 0.29) is 35.8 Å². The Labute approximate surface area is 229 Å². The average Bonchev–Trinajstić information content (AvgIpc) is 3.83. The second-order valence-corrected chi connectivity index (χ2v) is 12.3. The number of hydrogen-bond acceptors (Lipinski definition) is 5. The highest BCUT2D eigenvalue weighted by molar-refractivity contribution is 6.30. The van der Waals surface area contributed by atoms with E-state index in [2.05, 4.69) is 22.0 Å². The van der Waals surface area contributed by atoms with E-state index in [0.29, 0.717) is 23.8 Å². The first-order chi connectivity index (χ1) is 18.3. The predicted molar refractivity (Wildman–Crippen MR) is 142 cm³/mol. The molecule has 3 atom stereocenters. The second kappa shape index (κ2) is 11.1. The maximum Gasteiger partial charge on any atom is 0.407 e. The van der Waals surface area contributed by atoms with Crippen molar-refractivity contribution in [3.05, 3.63) is 34.9 Å². The molecule has 0 radical (unpaired) electrons. The Hall–Kier alpha value is -2.79. The fraction of sp³-hybridized carbons (Fsp3) is 0.655. The smallest absolute Gasteiger partial charge is 0.407 e. The summed E-state index contributed by atoms with van der Waals surface area (Å²) in [6.07, 6.45) is 10.1. The second-order valence-electron chi connectivity index (χ2n) is 11.9. The molecular formula is C29H37ClN4O4. The molecule has 3 N–H and O–H groups in total. The minimum absolute atomic E-state index is 0.0360. The molecular weight excluding hydrogens is 504 g/mol. The molecule has 1 saturated heterocycles. The largest absolute Gasteiger partial charge is 0.449 e. The predicted octanol–water partition coefficient (Wildman–Crippen LogP) is 4.50. The highest BCUT2D eigenvalue weighted by atomic mass is 35.5. The van der Waals surface area contributed by atoms with Gasteiger partial charge in [0.15, 0.2) is 0 Å². The zero-order valence-corrected chi connectivity index (χ0v) is 22.5. The van der Waals surface area contributed by atoms with Gasteiger partial charge in [0.25, 0.3) is 0 Å². The lowest BCUT2D eigenvalue weighted by Gasteiger charge is -2.27. The van der Waals surface area contributed by atoms with E-state index in [9.17, 15) is 19.6 Å². The molecule has 38 heavy (non-hydrogen) atoms. The van der Waals surface area contributed by atoms with E-state index in [4.69, 9.17) is 16.3 Å². The SMILES string of the molecule is N#C[C@H](CC1CC2(CC2)NC1=O)NC(=O)[C@H](CC1CCCCC1)NC(=O)OCC1(c2cccc(Cl)c2)CC1. The van der Waals surface area contributed by atoms with Gasteiger partial charge in [-0.15, -0.1) is 0 Å². The third kappa shape index (κ3) is 6.43. The van der Waals surface area contributed by atoms with E-state index < -0.39 is 24.1 Å². The molecule has 1 aromatic rings. The average molecular weight is 541 g/mol. The zero-order valence-electron chi connectivity index (χ0n) is 21.8. The van der Waals surface area contributed by atoms with Crippen molar-refractivity contribution in [1.29, 1.82) is 5.26 Å². The number of benzene rings is 1. The van der Waals surface area contributed by atoms with E-state index in [1.54, 1.807) is 0 Å². The number of amides is 3. The van der Waals surface area contributed by atoms with Gasteiger partial charge in [0.05, 0.1) is 6.07 Å². The topological polar surface area (TPSA) is 120 Å². The van der Waals surface area contributed by atoms with Crippen LogP contribution in [0.5, 0.6) is 0 Å². The monoisotopic (exact) mass is 540 g/mol. The van der Waals surface area contributed by atoms with Gasteiger partial charge in [-0.1, -0.05) is 55.8 Å². The van der Waals surface area contributed by atoms with Gasteiger partial charge in [0.2, 0.25) is 11.8 Å². The van der Waals surface area contributed by atoms with Crippen molar-refractivity contribution in [2.24, 2.45) is 11.8 Å². The van der Waals surface area contributed by atoms with Crippen LogP contribution in [0.1, 0.15) is 82.6 Å². The number of hydrogen-bond donors (Lipinski definition) is 3. The molecule has 0 aromatic heterocycles. The normalized spacial score (nSPS) is 24.5. The summed E-state index contributed by atoms with van der Waals surface area (Å²) < 4.78 is 5.63. The summed E-state index contributed by atoms with van der Waals surface area (Å²) in [5, 5.41) is 19.0. The van der Waals surface area contributed by atoms with E-state index in [1.807, 2.05) is 24.3 Å². The third-order valence-electron chi connectivity index (χ3n) is 8.91. The number of halogens is 1. The Kier molecular flexibility index (Phi) is 7.85. The number of alkyl carbamates (subject to hydrolysis) is 1. The van der Waals surface area contributed by atoms with Gasteiger partial charge >= 0.3 is 6.09 Å². The Balaban J connectivity index is 1.18. The number of rotatable bonds is 10. The van der Waals surface area contributed by atoms with Gasteiger partial charge in [0, 0.05) is 21.9 Å². The maximum atomic E-state index is 13.3. The molecule has 9 heteroatoms. The molecule has 8 nitrogen and oxygen atoms in total. The van der Waals surface area contributed by atoms with E-state index in [1.165, 1.54) is 6.42 Å². The maximum absolute atomic E-state index is 13.3. The van der Waals surface area contributed by atoms with E-state index in [0.717, 1.165) is 56.9 Å². The van der Waals surface area contributed by atoms with Gasteiger partial charge in [0.1, 0.15) is 18.7 Å². The van der Waals surface area contributed by atoms with Crippen molar-refractivity contribution >= 4 is 29.5 Å². The van der Waals surface area contributed by atoms with Crippen LogP contribution >= 0.6 is 11.6 Å². The summed E-state index contributed by atoms with van der Waals surface area (Å²) in [6, 6.07) is 8.18. The van der Waals surface area contributed by atoms with E-state index >= 15 is 0 Å². The summed E-state index contributed by atoms with van der Waals surface area (Å²) in [5.74, 6) is -0.379. The first-order valence-electron chi connectivity index (χ1n) is 14.0. The molecule has 4 fully saturated rings. The van der Waals surface area contributed by atoms with Crippen LogP contribution in [0.25, 0.3) is 0 Å². The molecule has 3 saturated carbocycles. The molecule has 204 valence electrons. The lowest BCUT2D eigenvalue weighted by atomic mass is 9.84. The van der Waals surface area contributed by atoms with Gasteiger partial charge in [-0.2, -0.15) is 5.26 Å². The number of nitriles is 1. The number of nitrogens with one attached hydrogen (secondary N) is 3. The molecule has 1 aliphatic heterocycles. The third-order valence-corrected chi connectivity index (χ3v) is 9.15. The Morgan fingerprint density at radius 3 is 2.53 bits per heavy atom. The molecule has 3 amide bonds. The lowest BCUT2D eigenvalue weighted by Crippen LogP contribution is -2.51. The summed E-state index contributed by atoms with van der Waals surface area (Å²) >= 11 is 6.16. The van der Waals surface area contributed by atoms with Gasteiger partial charge in [-0.3, -0.25) is 9.59 Å². The van der Waals surface area contributed by atoms with Gasteiger partial charge < -0.3 is 20.7 Å². The standard InChI is InChI=1S/C29H37ClN4O4/c30-22-8-4-7-21(15-22)28(9-10-28)18-38-27(37)33-24(13-19-5-2-1-3-6-19)26(36)32-23(17-31)14-20-16-29(11-12-29)34-25(20)35/h4,7-8,15,19-20,23-24H,1-3,5-6,9-14,16,18H2,(H,32,36)(H,33,37)(H,34,35)/t20?,23-,24-/m0/s1. The molecule has 5 rings (SSSR count). The Morgan fingerprint density at radius 1 is 1.13 bits per heavy atom. The lowest BCUT2D eigenvalue weighted by molar-refractivity contribution is -0.125. The Morgan fingerprint density at radius 2 is 1.89 bits per heavy atom. The minimum Gasteiger partial charge on any atom is -0.449 e. The molecule has 1 spiro atoms. The van der Waals surface area contributed by atoms with Crippen molar-refractivity contribution in [3.63, 3.8) is 0 Å². The van der Waals surface area contributed by atoms with Crippen LogP contribution < -0.4 is 16.0 Å². The number of nitrogens with zero attached hydrogens (tertiary/aromatic N) is 1. The summed E-state index contributed by atoms with van der Waals surface area (Å²) in [7, 11) is 0. The fourth-order valence-corrected chi connectivity index (χ4v) is 6.40. The van der Waals surface area contributed by atoms with Crippen LogP contribution in [0.15, 0.2) is 24.3 Å². The van der Waals surface area contributed by atoms with Crippen LogP contribution in [-0.2, 0) is 19.7 Å². The molecule has 1 unspecified atom stereocenters. The van der Waals surface area contributed by atoms with Crippen molar-refractivity contribution in [2.75, 3.05) is 6.61 Å². The van der Waals surface area contributed by atoms with Crippen molar-refractivity contribution in [3.8, 4) is 6.07 Å². The van der Waals surface area contributed by atoms with Crippen molar-refractivity contribution in [2.45, 2.75) is 100 Å². The van der Waals surface area contributed by atoms with Crippen LogP contribution in [0.4, 0.5) is 4.79 Å². The van der Waals surface area contributed by atoms with Crippen LogP contribution in [0.3, 0.4) is 0 Å². The van der Waals surface area contributed by atoms with Gasteiger partial charge in [-0.05, 0) is 68.6 Å². The van der Waals surface area contributed by atoms with Gasteiger partial charge in [-0.25, -0.2) is 4.79 Å². The fourth-order valence-electron chi connectivity index (χ4n) is 6.21. The van der Waals surface area contributed by atoms with Crippen LogP contribution in [0.2, 0.25) is 5.02 Å². The highest BCUT2D eigenvalue weighted by Gasteiger charge is 2.52. The summed E-state index contributed by atoms with van der Waals surface area (Å²) in [6.45, 7) is 0.219. The highest BCUT2D eigenvalue weighted by Crippen LogP contribution is 2.49. The summed E-state index contributed by atoms with van der Waals surface area (Å²) in [5.41, 5.74) is 0.746. The minimum atomic E-state index is -0.796. The number of carbonyl (C=O) groups excluding carboxylic acids is 3. The Bertz CT molecular complexity index is 1100. The molecule has 1 heterocycles. The quantitative estimate of drug-likeness (QED) is 0.403. The molecule has 1 aromatic carbocycles. The van der Waals surface area contributed by atoms with Crippen molar-refractivity contribution < 1.29 is 19.1 Å². The molecule has 0 bridgehead atoms. The van der Waals surface area contributed by atoms with Crippen LogP contribution in [0, 0.1) is 23.2 Å². The molecule has 4 aliphatic rings. The zero-order chi connectivity index (χ0) is 26.8. The number of carbonyl (C=O) groups is 3. The first-order valence-corrected chi connectivity index (χ1v) is 14.4. The molecule has 3 aliphatic carbocycles. The van der Waals surface area contributed by atoms with Crippen LogP contribution in [-0.4, -0.2) is 42.1 Å². The number of ether oxygens (including phenoxy) is 1. The summed E-state index contributed by atoms with van der Waals surface area (Å²) in [4.78, 5) is 38.6.